The Morgan fingerprint density at radius 2 is 1.90 bits per heavy atom. The fourth-order valence-corrected chi connectivity index (χ4v) is 2.48. The van der Waals surface area contributed by atoms with E-state index in [0.29, 0.717) is 16.7 Å². The molecule has 0 unspecified atom stereocenters. The van der Waals surface area contributed by atoms with E-state index in [1.807, 2.05) is 31.2 Å². The molecule has 0 atom stereocenters. The molecule has 1 amide bonds. The maximum Gasteiger partial charge on any atom is 0.273 e. The summed E-state index contributed by atoms with van der Waals surface area (Å²) in [6, 6.07) is 12.8. The van der Waals surface area contributed by atoms with Gasteiger partial charge in [-0.25, -0.2) is 0 Å². The van der Waals surface area contributed by atoms with Crippen molar-refractivity contribution in [2.75, 3.05) is 14.2 Å². The Kier molecular flexibility index (Phi) is 8.05. The summed E-state index contributed by atoms with van der Waals surface area (Å²) in [5.74, 6) is 5.57. The highest BCUT2D eigenvalue weighted by Crippen LogP contribution is 2.17. The first-order valence-electron chi connectivity index (χ1n) is 8.92. The van der Waals surface area contributed by atoms with Crippen molar-refractivity contribution in [3.8, 4) is 11.8 Å². The summed E-state index contributed by atoms with van der Waals surface area (Å²) in [5.41, 5.74) is 4.56. The second-order valence-electron chi connectivity index (χ2n) is 6.12. The molecule has 29 heavy (non-hydrogen) atoms. The van der Waals surface area contributed by atoms with Crippen molar-refractivity contribution in [3.05, 3.63) is 64.7 Å². The topological polar surface area (TPSA) is 72.3 Å². The Balaban J connectivity index is 2.18. The van der Waals surface area contributed by atoms with Gasteiger partial charge in [-0.15, -0.1) is 0 Å². The first-order chi connectivity index (χ1) is 14.0. The van der Waals surface area contributed by atoms with Crippen LogP contribution in [0.3, 0.4) is 0 Å². The predicted octanol–water partition coefficient (Wildman–Crippen LogP) is 1.83. The Morgan fingerprint density at radius 3 is 2.55 bits per heavy atom. The van der Waals surface area contributed by atoms with Gasteiger partial charge in [0.05, 0.1) is 0 Å². The molecule has 2 aromatic rings. The van der Waals surface area contributed by atoms with Gasteiger partial charge < -0.3 is 15.0 Å². The Bertz CT molecular complexity index is 987. The van der Waals surface area contributed by atoms with Gasteiger partial charge in [-0.1, -0.05) is 52.0 Å². The van der Waals surface area contributed by atoms with E-state index in [2.05, 4.69) is 27.5 Å². The number of hydrogen-bond donors (Lipinski definition) is 1. The lowest BCUT2D eigenvalue weighted by atomic mass is 9.95. The second kappa shape index (κ2) is 10.7. The first kappa shape index (κ1) is 21.8. The van der Waals surface area contributed by atoms with Gasteiger partial charge in [0.15, 0.2) is 5.71 Å². The molecule has 0 aliphatic carbocycles. The number of oxime groups is 2. The lowest BCUT2D eigenvalue weighted by molar-refractivity contribution is -0.114. The molecular weight excluding hydrogens is 365 g/mol. The zero-order chi connectivity index (χ0) is 21.2. The number of amides is 1. The Morgan fingerprint density at radius 1 is 1.17 bits per heavy atom. The summed E-state index contributed by atoms with van der Waals surface area (Å²) in [7, 11) is 8.59. The van der Waals surface area contributed by atoms with E-state index in [0.717, 1.165) is 16.7 Å². The lowest BCUT2D eigenvalue weighted by Crippen LogP contribution is -2.29. The normalized spacial score (nSPS) is 11.3. The number of rotatable bonds is 6. The van der Waals surface area contributed by atoms with Crippen LogP contribution in [0, 0.1) is 18.8 Å². The summed E-state index contributed by atoms with van der Waals surface area (Å²) >= 11 is 0. The Hall–Kier alpha value is -3.53. The Labute approximate surface area is 172 Å². The minimum Gasteiger partial charge on any atom is -0.398 e. The molecule has 0 aromatic heterocycles. The second-order valence-corrected chi connectivity index (χ2v) is 6.12. The molecule has 0 aliphatic rings. The van der Waals surface area contributed by atoms with Gasteiger partial charge in [-0.05, 0) is 37.5 Å². The third-order valence-corrected chi connectivity index (χ3v) is 4.00. The number of carbonyl (C=O) groups is 1. The van der Waals surface area contributed by atoms with E-state index in [4.69, 9.17) is 17.5 Å². The van der Waals surface area contributed by atoms with E-state index in [-0.39, 0.29) is 18.2 Å². The van der Waals surface area contributed by atoms with Crippen molar-refractivity contribution in [1.82, 2.24) is 5.32 Å². The number of benzene rings is 2. The molecule has 2 aromatic carbocycles. The molecular formula is C22H22BN3O3. The molecule has 2 radical (unpaired) electrons. The maximum atomic E-state index is 12.2. The molecule has 0 saturated heterocycles. The van der Waals surface area contributed by atoms with Crippen LogP contribution in [0.25, 0.3) is 0 Å². The van der Waals surface area contributed by atoms with E-state index < -0.39 is 0 Å². The number of likely N-dealkylation sites (N-methyl/N-ethyl adjacent to an activating group) is 1. The molecule has 2 rings (SSSR count). The van der Waals surface area contributed by atoms with Crippen LogP contribution >= 0.6 is 0 Å². The third-order valence-electron chi connectivity index (χ3n) is 4.00. The van der Waals surface area contributed by atoms with Gasteiger partial charge in [-0.2, -0.15) is 0 Å². The first-order valence-corrected chi connectivity index (χ1v) is 8.92. The molecule has 7 heteroatoms. The zero-order valence-electron chi connectivity index (χ0n) is 16.9. The van der Waals surface area contributed by atoms with E-state index in [1.54, 1.807) is 25.1 Å². The number of hydrogen-bond acceptors (Lipinski definition) is 5. The monoisotopic (exact) mass is 387 g/mol. The number of carbonyl (C=O) groups excluding carboxylic acids is 1. The van der Waals surface area contributed by atoms with Crippen molar-refractivity contribution >= 4 is 30.6 Å². The highest BCUT2D eigenvalue weighted by Gasteiger charge is 2.19. The van der Waals surface area contributed by atoms with E-state index in [9.17, 15) is 4.79 Å². The van der Waals surface area contributed by atoms with E-state index in [1.165, 1.54) is 14.2 Å². The molecule has 146 valence electrons. The molecule has 6 nitrogen and oxygen atoms in total. The minimum atomic E-state index is -0.354. The summed E-state index contributed by atoms with van der Waals surface area (Å²) in [4.78, 5) is 22.5. The van der Waals surface area contributed by atoms with Crippen molar-refractivity contribution in [2.45, 2.75) is 20.5 Å². The average Bonchev–Trinajstić information content (AvgIpc) is 2.72. The molecule has 0 saturated carbocycles. The number of nitrogens with one attached hydrogen (secondary N) is 1. The van der Waals surface area contributed by atoms with Crippen LogP contribution in [0.4, 0.5) is 0 Å². The number of nitrogens with zero attached hydrogens (tertiary/aromatic N) is 2. The van der Waals surface area contributed by atoms with Crippen molar-refractivity contribution in [1.29, 1.82) is 0 Å². The fraction of sp³-hybridized carbons (Fsp3) is 0.227. The molecule has 1 N–H and O–H groups in total. The van der Waals surface area contributed by atoms with Gasteiger partial charge >= 0.3 is 0 Å². The minimum absolute atomic E-state index is 0.155. The van der Waals surface area contributed by atoms with Gasteiger partial charge in [0.25, 0.3) is 5.91 Å². The van der Waals surface area contributed by atoms with Crippen LogP contribution in [-0.4, -0.2) is 39.3 Å². The lowest BCUT2D eigenvalue weighted by Gasteiger charge is -2.12. The van der Waals surface area contributed by atoms with E-state index >= 15 is 0 Å². The molecule has 0 aliphatic heterocycles. The van der Waals surface area contributed by atoms with Crippen LogP contribution in [0.2, 0.25) is 0 Å². The highest BCUT2D eigenvalue weighted by molar-refractivity contribution is 6.45. The fourth-order valence-electron chi connectivity index (χ4n) is 2.48. The predicted molar refractivity (Wildman–Crippen MR) is 115 cm³/mol. The maximum absolute atomic E-state index is 12.2. The van der Waals surface area contributed by atoms with Crippen molar-refractivity contribution in [2.24, 2.45) is 10.3 Å². The highest BCUT2D eigenvalue weighted by atomic mass is 16.6. The van der Waals surface area contributed by atoms with Crippen LogP contribution < -0.4 is 10.8 Å². The van der Waals surface area contributed by atoms with Crippen molar-refractivity contribution in [3.63, 3.8) is 0 Å². The van der Waals surface area contributed by atoms with Crippen LogP contribution in [-0.2, 0) is 21.1 Å². The van der Waals surface area contributed by atoms with Gasteiger partial charge in [0, 0.05) is 23.7 Å². The largest absolute Gasteiger partial charge is 0.398 e. The van der Waals surface area contributed by atoms with Crippen LogP contribution in [0.1, 0.15) is 29.2 Å². The van der Waals surface area contributed by atoms with Crippen LogP contribution in [0.5, 0.6) is 0 Å². The zero-order valence-corrected chi connectivity index (χ0v) is 16.9. The summed E-state index contributed by atoms with van der Waals surface area (Å²) in [5, 5.41) is 10.5. The SMILES string of the molecule is [B]c1ccc(C#C/C(C)=N/OCc2c(C)cccc2/C(=N\OC)C(=O)NC)cc1. The number of aryl methyl sites for hydroxylation is 1. The standard InChI is InChI=1S/C22H22BN3O3/c1-15-6-5-7-19(21(26-28-4)22(27)24-3)20(15)14-29-25-16(2)8-9-17-10-12-18(23)13-11-17/h5-7,10-13H,14H2,1-4H3,(H,24,27)/b25-16+,26-21+. The average molecular weight is 387 g/mol. The molecule has 0 spiro atoms. The summed E-state index contributed by atoms with van der Waals surface area (Å²) in [6.07, 6.45) is 0. The summed E-state index contributed by atoms with van der Waals surface area (Å²) in [6.45, 7) is 3.84. The third kappa shape index (κ3) is 6.25. The summed E-state index contributed by atoms with van der Waals surface area (Å²) < 4.78 is 0. The van der Waals surface area contributed by atoms with Gasteiger partial charge in [0.2, 0.25) is 0 Å². The van der Waals surface area contributed by atoms with Crippen molar-refractivity contribution < 1.29 is 14.5 Å². The molecule has 0 bridgehead atoms. The quantitative estimate of drug-likeness (QED) is 0.356. The molecule has 0 heterocycles. The van der Waals surface area contributed by atoms with Gasteiger partial charge in [-0.3, -0.25) is 4.79 Å². The smallest absolute Gasteiger partial charge is 0.273 e. The van der Waals surface area contributed by atoms with Gasteiger partial charge in [0.1, 0.15) is 27.3 Å². The molecule has 0 fully saturated rings. The van der Waals surface area contributed by atoms with Crippen LogP contribution in [0.15, 0.2) is 52.8 Å².